The lowest BCUT2D eigenvalue weighted by molar-refractivity contribution is -0.117. The predicted octanol–water partition coefficient (Wildman–Crippen LogP) is 1.25. The molecule has 0 aromatic heterocycles. The van der Waals surface area contributed by atoms with Gasteiger partial charge in [-0.2, -0.15) is 0 Å². The summed E-state index contributed by atoms with van der Waals surface area (Å²) in [4.78, 5) is 21.5. The summed E-state index contributed by atoms with van der Waals surface area (Å²) in [6.07, 6.45) is 3.70. The van der Waals surface area contributed by atoms with E-state index in [2.05, 4.69) is 0 Å². The Hall–Kier alpha value is -0.920. The van der Waals surface area contributed by atoms with E-state index in [-0.39, 0.29) is 11.6 Å². The van der Waals surface area contributed by atoms with Gasteiger partial charge in [-0.15, -0.1) is 0 Å². The van der Waals surface area contributed by atoms with Crippen LogP contribution in [-0.2, 0) is 9.59 Å². The van der Waals surface area contributed by atoms with Crippen LogP contribution in [0.2, 0.25) is 0 Å². The molecule has 0 aromatic carbocycles. The summed E-state index contributed by atoms with van der Waals surface area (Å²) in [6.45, 7) is 1.50. The van der Waals surface area contributed by atoms with E-state index in [9.17, 15) is 9.59 Å². The number of ketones is 2. The van der Waals surface area contributed by atoms with Crippen molar-refractivity contribution in [1.82, 2.24) is 0 Å². The summed E-state index contributed by atoms with van der Waals surface area (Å²) >= 11 is 0. The average Bonchev–Trinajstić information content (AvgIpc) is 1.88. The Balaban J connectivity index is 2.75. The first-order chi connectivity index (χ1) is 4.70. The van der Waals surface area contributed by atoms with Crippen molar-refractivity contribution in [3.8, 4) is 0 Å². The molecule has 54 valence electrons. The van der Waals surface area contributed by atoms with Gasteiger partial charge in [0.15, 0.2) is 11.6 Å². The molecule has 0 unspecified atom stereocenters. The van der Waals surface area contributed by atoms with Crippen LogP contribution in [0.15, 0.2) is 11.6 Å². The van der Waals surface area contributed by atoms with Crippen LogP contribution < -0.4 is 0 Å². The molecule has 0 aromatic rings. The molecular weight excluding hydrogens is 128 g/mol. The number of carbonyl (C=O) groups is 2. The number of allylic oxidation sites excluding steroid dienone is 2. The van der Waals surface area contributed by atoms with Crippen LogP contribution in [0.25, 0.3) is 0 Å². The van der Waals surface area contributed by atoms with Crippen LogP contribution in [-0.4, -0.2) is 11.6 Å². The Labute approximate surface area is 59.9 Å². The second-order valence-corrected chi connectivity index (χ2v) is 2.55. The first-order valence-corrected chi connectivity index (χ1v) is 3.44. The van der Waals surface area contributed by atoms with E-state index >= 15 is 0 Å². The first-order valence-electron chi connectivity index (χ1n) is 3.44. The quantitative estimate of drug-likeness (QED) is 0.546. The van der Waals surface area contributed by atoms with E-state index < -0.39 is 0 Å². The molecule has 0 atom stereocenters. The highest BCUT2D eigenvalue weighted by Crippen LogP contribution is 2.15. The molecule has 0 heterocycles. The maximum absolute atomic E-state index is 10.7. The van der Waals surface area contributed by atoms with Crippen molar-refractivity contribution < 1.29 is 9.59 Å². The molecular formula is C8H10O2. The first kappa shape index (κ1) is 7.19. The minimum absolute atomic E-state index is 0.0352. The normalized spacial score (nSPS) is 18.5. The van der Waals surface area contributed by atoms with Crippen LogP contribution >= 0.6 is 0 Å². The van der Waals surface area contributed by atoms with Crippen LogP contribution in [0.1, 0.15) is 26.2 Å². The fourth-order valence-electron chi connectivity index (χ4n) is 1.07. The summed E-state index contributed by atoms with van der Waals surface area (Å²) in [6, 6.07) is 0. The third-order valence-electron chi connectivity index (χ3n) is 1.66. The zero-order valence-corrected chi connectivity index (χ0v) is 6.02. The van der Waals surface area contributed by atoms with Crippen LogP contribution in [0.3, 0.4) is 0 Å². The zero-order valence-electron chi connectivity index (χ0n) is 6.02. The van der Waals surface area contributed by atoms with Gasteiger partial charge in [0.2, 0.25) is 0 Å². The molecule has 1 aliphatic rings. The summed E-state index contributed by atoms with van der Waals surface area (Å²) in [5.41, 5.74) is 0.691. The SMILES string of the molecule is CC(=O)C1=CC(=O)CCC1. The van der Waals surface area contributed by atoms with Gasteiger partial charge in [0, 0.05) is 6.42 Å². The van der Waals surface area contributed by atoms with E-state index in [1.807, 2.05) is 0 Å². The minimum atomic E-state index is 0.0352. The van der Waals surface area contributed by atoms with Crippen molar-refractivity contribution in [2.45, 2.75) is 26.2 Å². The molecule has 0 aliphatic heterocycles. The smallest absolute Gasteiger partial charge is 0.156 e. The number of rotatable bonds is 1. The number of carbonyl (C=O) groups excluding carboxylic acids is 2. The molecule has 1 aliphatic carbocycles. The molecule has 1 rings (SSSR count). The molecule has 0 fully saturated rings. The molecule has 0 amide bonds. The van der Waals surface area contributed by atoms with Crippen molar-refractivity contribution in [2.24, 2.45) is 0 Å². The highest BCUT2D eigenvalue weighted by atomic mass is 16.1. The van der Waals surface area contributed by atoms with E-state index in [0.29, 0.717) is 12.0 Å². The van der Waals surface area contributed by atoms with Crippen LogP contribution in [0, 0.1) is 0 Å². The third-order valence-corrected chi connectivity index (χ3v) is 1.66. The van der Waals surface area contributed by atoms with Gasteiger partial charge in [-0.1, -0.05) is 0 Å². The van der Waals surface area contributed by atoms with Gasteiger partial charge in [-0.3, -0.25) is 9.59 Å². The highest BCUT2D eigenvalue weighted by Gasteiger charge is 2.12. The van der Waals surface area contributed by atoms with Gasteiger partial charge in [-0.25, -0.2) is 0 Å². The van der Waals surface area contributed by atoms with Crippen molar-refractivity contribution >= 4 is 11.6 Å². The molecule has 2 heteroatoms. The lowest BCUT2D eigenvalue weighted by atomic mass is 9.96. The molecule has 0 spiro atoms. The van der Waals surface area contributed by atoms with Gasteiger partial charge in [-0.05, 0) is 31.4 Å². The molecule has 0 saturated carbocycles. The fraction of sp³-hybridized carbons (Fsp3) is 0.500. The zero-order chi connectivity index (χ0) is 7.56. The van der Waals surface area contributed by atoms with Crippen molar-refractivity contribution in [1.29, 1.82) is 0 Å². The molecule has 0 saturated heterocycles. The second-order valence-electron chi connectivity index (χ2n) is 2.55. The average molecular weight is 138 g/mol. The van der Waals surface area contributed by atoms with Gasteiger partial charge in [0.25, 0.3) is 0 Å². The summed E-state index contributed by atoms with van der Waals surface area (Å²) in [5, 5.41) is 0. The van der Waals surface area contributed by atoms with Crippen molar-refractivity contribution in [2.75, 3.05) is 0 Å². The van der Waals surface area contributed by atoms with Crippen molar-refractivity contribution in [3.63, 3.8) is 0 Å². The van der Waals surface area contributed by atoms with Gasteiger partial charge in [0.05, 0.1) is 0 Å². The van der Waals surface area contributed by atoms with E-state index in [4.69, 9.17) is 0 Å². The van der Waals surface area contributed by atoms with E-state index in [0.717, 1.165) is 12.8 Å². The second kappa shape index (κ2) is 2.78. The molecule has 0 N–H and O–H groups in total. The van der Waals surface area contributed by atoms with Crippen LogP contribution in [0.4, 0.5) is 0 Å². The van der Waals surface area contributed by atoms with E-state index in [1.54, 1.807) is 0 Å². The van der Waals surface area contributed by atoms with Gasteiger partial charge in [0.1, 0.15) is 0 Å². The monoisotopic (exact) mass is 138 g/mol. The predicted molar refractivity (Wildman–Crippen MR) is 37.6 cm³/mol. The number of hydrogen-bond donors (Lipinski definition) is 0. The maximum Gasteiger partial charge on any atom is 0.156 e. The van der Waals surface area contributed by atoms with Crippen molar-refractivity contribution in [3.05, 3.63) is 11.6 Å². The topological polar surface area (TPSA) is 34.1 Å². The van der Waals surface area contributed by atoms with Gasteiger partial charge >= 0.3 is 0 Å². The lowest BCUT2D eigenvalue weighted by Crippen LogP contribution is -2.07. The fourth-order valence-corrected chi connectivity index (χ4v) is 1.07. The molecule has 0 radical (unpaired) electrons. The molecule has 0 bridgehead atoms. The van der Waals surface area contributed by atoms with Crippen LogP contribution in [0.5, 0.6) is 0 Å². The minimum Gasteiger partial charge on any atom is -0.295 e. The Morgan fingerprint density at radius 1 is 1.50 bits per heavy atom. The lowest BCUT2D eigenvalue weighted by Gasteiger charge is -2.07. The highest BCUT2D eigenvalue weighted by molar-refractivity contribution is 6.02. The van der Waals surface area contributed by atoms with Gasteiger partial charge < -0.3 is 0 Å². The Kier molecular flexibility index (Phi) is 2.00. The molecule has 2 nitrogen and oxygen atoms in total. The van der Waals surface area contributed by atoms with E-state index in [1.165, 1.54) is 13.0 Å². The Morgan fingerprint density at radius 2 is 2.20 bits per heavy atom. The number of hydrogen-bond acceptors (Lipinski definition) is 2. The summed E-state index contributed by atoms with van der Waals surface area (Å²) in [5.74, 6) is 0.129. The standard InChI is InChI=1S/C8H10O2/c1-6(9)7-3-2-4-8(10)5-7/h5H,2-4H2,1H3. The summed E-state index contributed by atoms with van der Waals surface area (Å²) < 4.78 is 0. The third kappa shape index (κ3) is 1.53. The Bertz CT molecular complexity index is 201. The number of Topliss-reactive ketones (excluding diaryl/α,β-unsaturated/α-hetero) is 1. The molecule has 10 heavy (non-hydrogen) atoms. The largest absolute Gasteiger partial charge is 0.295 e. The Morgan fingerprint density at radius 3 is 2.60 bits per heavy atom. The summed E-state index contributed by atoms with van der Waals surface area (Å²) in [7, 11) is 0. The maximum atomic E-state index is 10.7.